The van der Waals surface area contributed by atoms with E-state index in [2.05, 4.69) is 15.3 Å². The van der Waals surface area contributed by atoms with Crippen LogP contribution in [-0.2, 0) is 28.6 Å². The van der Waals surface area contributed by atoms with E-state index in [-0.39, 0.29) is 54.9 Å². The molecule has 1 aromatic carbocycles. The van der Waals surface area contributed by atoms with E-state index in [1.165, 1.54) is 46.2 Å². The van der Waals surface area contributed by atoms with Gasteiger partial charge in [-0.05, 0) is 62.2 Å². The summed E-state index contributed by atoms with van der Waals surface area (Å²) in [4.78, 5) is 73.8. The molecular formula is C28H37N5O10P2. The van der Waals surface area contributed by atoms with Crippen LogP contribution in [0, 0.1) is 0 Å². The quantitative estimate of drug-likeness (QED) is 0.103. The van der Waals surface area contributed by atoms with Gasteiger partial charge in [-0.1, -0.05) is 24.3 Å². The lowest BCUT2D eigenvalue weighted by Gasteiger charge is -2.36. The molecule has 0 aliphatic rings. The first-order valence-corrected chi connectivity index (χ1v) is 17.4. The van der Waals surface area contributed by atoms with Crippen LogP contribution in [0.1, 0.15) is 51.8 Å². The molecule has 45 heavy (non-hydrogen) atoms. The Balaban J connectivity index is 2.05. The second kappa shape index (κ2) is 15.7. The summed E-state index contributed by atoms with van der Waals surface area (Å²) in [5, 5.41) is 22.0. The summed E-state index contributed by atoms with van der Waals surface area (Å²) >= 11 is 0. The molecule has 15 nitrogen and oxygen atoms in total. The molecule has 2 aromatic heterocycles. The average Bonchev–Trinajstić information content (AvgIpc) is 2.91. The first kappa shape index (κ1) is 36.0. The largest absolute Gasteiger partial charge is 0.477 e. The van der Waals surface area contributed by atoms with Crippen molar-refractivity contribution in [3.63, 3.8) is 0 Å². The van der Waals surface area contributed by atoms with Gasteiger partial charge in [-0.3, -0.25) is 18.9 Å². The molecule has 0 spiro atoms. The van der Waals surface area contributed by atoms with E-state index < -0.39 is 45.7 Å². The minimum absolute atomic E-state index is 0.144. The molecule has 0 fully saturated rings. The van der Waals surface area contributed by atoms with Gasteiger partial charge in [-0.25, -0.2) is 19.6 Å². The Morgan fingerprint density at radius 2 is 1.29 bits per heavy atom. The number of aromatic nitrogens is 2. The number of carboxylic acid groups (broad SMARTS) is 2. The van der Waals surface area contributed by atoms with Gasteiger partial charge in [-0.2, -0.15) is 0 Å². The Labute approximate surface area is 259 Å². The number of nitrogens with one attached hydrogen (secondary N) is 1. The zero-order valence-electron chi connectivity index (χ0n) is 24.7. The highest BCUT2D eigenvalue weighted by Crippen LogP contribution is 2.38. The highest BCUT2D eigenvalue weighted by molar-refractivity contribution is 7.51. The van der Waals surface area contributed by atoms with E-state index in [1.54, 1.807) is 0 Å². The summed E-state index contributed by atoms with van der Waals surface area (Å²) in [5.74, 6) is -2.57. The van der Waals surface area contributed by atoms with Crippen LogP contribution >= 0.6 is 15.2 Å². The van der Waals surface area contributed by atoms with Crippen LogP contribution in [0.2, 0.25) is 0 Å². The van der Waals surface area contributed by atoms with E-state index in [4.69, 9.17) is 0 Å². The summed E-state index contributed by atoms with van der Waals surface area (Å²) in [5.41, 5.74) is 1.49. The molecule has 0 aliphatic carbocycles. The highest BCUT2D eigenvalue weighted by atomic mass is 31.2. The topological polar surface area (TPSA) is 234 Å². The Morgan fingerprint density at radius 1 is 0.778 bits per heavy atom. The summed E-state index contributed by atoms with van der Waals surface area (Å²) in [6.45, 7) is 3.44. The Hall–Kier alpha value is -3.52. The van der Waals surface area contributed by atoms with Gasteiger partial charge in [0.2, 0.25) is 0 Å². The molecule has 3 aromatic rings. The van der Waals surface area contributed by atoms with Crippen molar-refractivity contribution in [1.29, 1.82) is 0 Å². The molecule has 2 heterocycles. The van der Waals surface area contributed by atoms with Crippen LogP contribution in [-0.4, -0.2) is 92.7 Å². The zero-order valence-corrected chi connectivity index (χ0v) is 26.5. The summed E-state index contributed by atoms with van der Waals surface area (Å²) in [6.07, 6.45) is -1.35. The number of hydrogen-bond acceptors (Lipinski definition) is 9. The van der Waals surface area contributed by atoms with Crippen LogP contribution < -0.4 is 5.32 Å². The van der Waals surface area contributed by atoms with Gasteiger partial charge in [0.05, 0.1) is 11.4 Å². The fourth-order valence-electron chi connectivity index (χ4n) is 4.72. The van der Waals surface area contributed by atoms with E-state index in [9.17, 15) is 48.5 Å². The predicted octanol–water partition coefficient (Wildman–Crippen LogP) is 2.88. The van der Waals surface area contributed by atoms with Gasteiger partial charge in [0.1, 0.15) is 24.0 Å². The third-order valence-electron chi connectivity index (χ3n) is 6.42. The minimum atomic E-state index is -4.72. The van der Waals surface area contributed by atoms with Gasteiger partial charge in [0, 0.05) is 37.4 Å². The SMILES string of the molecule is CC(C)Nc1ccc(C[C@@H](CN(Cc2cccc(C(=O)O)n2)CP(=O)(O)O)N(Cc2cccc(C(=O)O)n2)CP(=O)(O)O)cc1. The highest BCUT2D eigenvalue weighted by Gasteiger charge is 2.31. The number of rotatable bonds is 17. The number of pyridine rings is 2. The fourth-order valence-corrected chi connectivity index (χ4v) is 6.27. The molecule has 7 N–H and O–H groups in total. The van der Waals surface area contributed by atoms with Gasteiger partial charge >= 0.3 is 27.1 Å². The summed E-state index contributed by atoms with van der Waals surface area (Å²) in [7, 11) is -9.40. The van der Waals surface area contributed by atoms with Gasteiger partial charge in [0.15, 0.2) is 0 Å². The standard InChI is InChI=1S/C28H37N5O10P2/c1-19(2)29-21-11-9-20(10-12-21)13-24(33(18-45(41,42)43)15-23-6-4-8-26(31-23)28(36)37)16-32(17-44(38,39)40)14-22-5-3-7-25(30-22)27(34)35/h3-12,19,24,29H,13-18H2,1-2H3,(H,34,35)(H,36,37)(H2,38,39,40)(H2,41,42,43)/t24-/m0/s1. The van der Waals surface area contributed by atoms with Gasteiger partial charge in [-0.15, -0.1) is 0 Å². The predicted molar refractivity (Wildman–Crippen MR) is 165 cm³/mol. The molecule has 0 amide bonds. The molecule has 3 rings (SSSR count). The van der Waals surface area contributed by atoms with Crippen molar-refractivity contribution in [3.8, 4) is 0 Å². The summed E-state index contributed by atoms with van der Waals surface area (Å²) in [6, 6.07) is 15.2. The first-order valence-electron chi connectivity index (χ1n) is 13.8. The van der Waals surface area contributed by atoms with Crippen molar-refractivity contribution in [1.82, 2.24) is 19.8 Å². The molecule has 0 saturated heterocycles. The van der Waals surface area contributed by atoms with Crippen molar-refractivity contribution in [3.05, 3.63) is 89.0 Å². The minimum Gasteiger partial charge on any atom is -0.477 e. The first-order chi connectivity index (χ1) is 21.0. The molecular weight excluding hydrogens is 628 g/mol. The number of carbonyl (C=O) groups is 2. The lowest BCUT2D eigenvalue weighted by molar-refractivity contribution is 0.0678. The van der Waals surface area contributed by atoms with E-state index in [0.717, 1.165) is 11.3 Å². The second-order valence-corrected chi connectivity index (χ2v) is 14.1. The third kappa shape index (κ3) is 12.8. The van der Waals surface area contributed by atoms with Crippen molar-refractivity contribution in [2.24, 2.45) is 0 Å². The average molecular weight is 666 g/mol. The number of benzene rings is 1. The number of anilines is 1. The van der Waals surface area contributed by atoms with Gasteiger partial charge < -0.3 is 35.1 Å². The molecule has 0 radical (unpaired) electrons. The fraction of sp³-hybridized carbons (Fsp3) is 0.357. The normalized spacial score (nSPS) is 12.9. The molecule has 0 aliphatic heterocycles. The molecule has 0 saturated carbocycles. The maximum absolute atomic E-state index is 12.3. The molecule has 0 bridgehead atoms. The van der Waals surface area contributed by atoms with Crippen molar-refractivity contribution < 1.29 is 48.5 Å². The Kier molecular flexibility index (Phi) is 12.5. The smallest absolute Gasteiger partial charge is 0.354 e. The lowest BCUT2D eigenvalue weighted by Crippen LogP contribution is -2.45. The van der Waals surface area contributed by atoms with E-state index in [1.807, 2.05) is 38.1 Å². The van der Waals surface area contributed by atoms with Crippen LogP contribution in [0.15, 0.2) is 60.7 Å². The molecule has 17 heteroatoms. The van der Waals surface area contributed by atoms with Gasteiger partial charge in [0.25, 0.3) is 0 Å². The van der Waals surface area contributed by atoms with Crippen LogP contribution in [0.25, 0.3) is 0 Å². The molecule has 244 valence electrons. The third-order valence-corrected chi connectivity index (χ3v) is 7.92. The Morgan fingerprint density at radius 3 is 1.76 bits per heavy atom. The van der Waals surface area contributed by atoms with Crippen molar-refractivity contribution >= 4 is 32.8 Å². The maximum atomic E-state index is 12.3. The van der Waals surface area contributed by atoms with Crippen LogP contribution in [0.3, 0.4) is 0 Å². The van der Waals surface area contributed by atoms with E-state index in [0.29, 0.717) is 0 Å². The van der Waals surface area contributed by atoms with E-state index >= 15 is 0 Å². The lowest BCUT2D eigenvalue weighted by atomic mass is 10.0. The zero-order chi connectivity index (χ0) is 33.4. The number of hydrogen-bond donors (Lipinski definition) is 7. The number of carboxylic acids is 2. The number of nitrogens with zero attached hydrogens (tertiary/aromatic N) is 4. The van der Waals surface area contributed by atoms with Crippen molar-refractivity contribution in [2.45, 2.75) is 45.4 Å². The van der Waals surface area contributed by atoms with Crippen LogP contribution in [0.4, 0.5) is 5.69 Å². The maximum Gasteiger partial charge on any atom is 0.354 e. The Bertz CT molecular complexity index is 1560. The number of aromatic carboxylic acids is 2. The monoisotopic (exact) mass is 665 g/mol. The molecule has 1 atom stereocenters. The van der Waals surface area contributed by atoms with Crippen molar-refractivity contribution in [2.75, 3.05) is 24.4 Å². The summed E-state index contributed by atoms with van der Waals surface area (Å²) < 4.78 is 24.5. The molecule has 0 unspecified atom stereocenters. The van der Waals surface area contributed by atoms with Crippen LogP contribution in [0.5, 0.6) is 0 Å². The second-order valence-electron chi connectivity index (χ2n) is 10.9.